The highest BCUT2D eigenvalue weighted by atomic mass is 16.5. The highest BCUT2D eigenvalue weighted by Crippen LogP contribution is 2.27. The molecule has 2 aliphatic heterocycles. The van der Waals surface area contributed by atoms with Crippen molar-refractivity contribution in [1.29, 1.82) is 0 Å². The maximum atomic E-state index is 12.5. The van der Waals surface area contributed by atoms with E-state index in [4.69, 9.17) is 9.47 Å². The van der Waals surface area contributed by atoms with Gasteiger partial charge in [0.15, 0.2) is 0 Å². The Bertz CT molecular complexity index is 645. The molecule has 1 aromatic carbocycles. The molecule has 0 aromatic heterocycles. The van der Waals surface area contributed by atoms with Gasteiger partial charge >= 0.3 is 6.03 Å². The van der Waals surface area contributed by atoms with Gasteiger partial charge in [0.1, 0.15) is 17.9 Å². The lowest BCUT2D eigenvalue weighted by Gasteiger charge is -2.20. The van der Waals surface area contributed by atoms with E-state index in [1.807, 2.05) is 18.2 Å². The molecule has 0 radical (unpaired) electrons. The zero-order valence-corrected chi connectivity index (χ0v) is 14.4. The second kappa shape index (κ2) is 6.09. The Morgan fingerprint density at radius 2 is 2.12 bits per heavy atom. The number of rotatable bonds is 4. The molecule has 1 N–H and O–H groups in total. The molecule has 3 rings (SSSR count). The Morgan fingerprint density at radius 3 is 2.79 bits per heavy atom. The van der Waals surface area contributed by atoms with E-state index in [0.29, 0.717) is 13.0 Å². The third-order valence-electron chi connectivity index (χ3n) is 4.55. The van der Waals surface area contributed by atoms with Crippen molar-refractivity contribution < 1.29 is 19.1 Å². The van der Waals surface area contributed by atoms with Crippen LogP contribution in [0.4, 0.5) is 4.79 Å². The van der Waals surface area contributed by atoms with E-state index in [1.165, 1.54) is 10.5 Å². The van der Waals surface area contributed by atoms with E-state index < -0.39 is 5.54 Å². The summed E-state index contributed by atoms with van der Waals surface area (Å²) in [5.74, 6) is 0.533. The zero-order chi connectivity index (χ0) is 17.4. The standard InChI is InChI=1S/C18H24N2O4/c1-17(2,3)13-5-4-6-14(11-13)24-10-8-20-15(21)18(19-16(20)22)7-9-23-12-18/h4-6,11H,7-10,12H2,1-3H3,(H,19,22). The van der Waals surface area contributed by atoms with Gasteiger partial charge in [-0.3, -0.25) is 9.69 Å². The van der Waals surface area contributed by atoms with Crippen LogP contribution in [0.3, 0.4) is 0 Å². The van der Waals surface area contributed by atoms with Gasteiger partial charge in [0.2, 0.25) is 0 Å². The van der Waals surface area contributed by atoms with E-state index in [9.17, 15) is 9.59 Å². The smallest absolute Gasteiger partial charge is 0.325 e. The van der Waals surface area contributed by atoms with Gasteiger partial charge in [0.05, 0.1) is 13.2 Å². The minimum Gasteiger partial charge on any atom is -0.492 e. The molecule has 0 saturated carbocycles. The molecule has 2 heterocycles. The first-order valence-electron chi connectivity index (χ1n) is 8.27. The van der Waals surface area contributed by atoms with Crippen LogP contribution >= 0.6 is 0 Å². The molecule has 24 heavy (non-hydrogen) atoms. The third kappa shape index (κ3) is 3.11. The fourth-order valence-corrected chi connectivity index (χ4v) is 3.02. The van der Waals surface area contributed by atoms with E-state index in [2.05, 4.69) is 32.2 Å². The van der Waals surface area contributed by atoms with Crippen molar-refractivity contribution in [1.82, 2.24) is 10.2 Å². The molecular weight excluding hydrogens is 308 g/mol. The molecule has 2 fully saturated rings. The average molecular weight is 332 g/mol. The van der Waals surface area contributed by atoms with Gasteiger partial charge in [0.25, 0.3) is 5.91 Å². The summed E-state index contributed by atoms with van der Waals surface area (Å²) >= 11 is 0. The fraction of sp³-hybridized carbons (Fsp3) is 0.556. The molecule has 6 heteroatoms. The molecular formula is C18H24N2O4. The summed E-state index contributed by atoms with van der Waals surface area (Å²) in [7, 11) is 0. The van der Waals surface area contributed by atoms with Crippen LogP contribution in [-0.2, 0) is 14.9 Å². The van der Waals surface area contributed by atoms with Gasteiger partial charge in [-0.15, -0.1) is 0 Å². The van der Waals surface area contributed by atoms with Crippen molar-refractivity contribution in [3.8, 4) is 5.75 Å². The summed E-state index contributed by atoms with van der Waals surface area (Å²) in [5, 5.41) is 2.76. The van der Waals surface area contributed by atoms with Crippen LogP contribution in [0.1, 0.15) is 32.8 Å². The quantitative estimate of drug-likeness (QED) is 0.857. The number of benzene rings is 1. The second-order valence-electron chi connectivity index (χ2n) is 7.40. The molecule has 1 unspecified atom stereocenters. The first-order valence-corrected chi connectivity index (χ1v) is 8.27. The number of carbonyl (C=O) groups excluding carboxylic acids is 2. The number of amides is 3. The lowest BCUT2D eigenvalue weighted by molar-refractivity contribution is -0.131. The van der Waals surface area contributed by atoms with Crippen LogP contribution in [0.2, 0.25) is 0 Å². The van der Waals surface area contributed by atoms with Gasteiger partial charge in [-0.1, -0.05) is 32.9 Å². The zero-order valence-electron chi connectivity index (χ0n) is 14.4. The molecule has 1 atom stereocenters. The predicted octanol–water partition coefficient (Wildman–Crippen LogP) is 2.07. The largest absolute Gasteiger partial charge is 0.492 e. The molecule has 1 aromatic rings. The first kappa shape index (κ1) is 16.8. The van der Waals surface area contributed by atoms with Crippen LogP contribution in [0.25, 0.3) is 0 Å². The SMILES string of the molecule is CC(C)(C)c1cccc(OCCN2C(=O)NC3(CCOC3)C2=O)c1. The van der Waals surface area contributed by atoms with Crippen molar-refractivity contribution in [3.05, 3.63) is 29.8 Å². The Balaban J connectivity index is 1.59. The van der Waals surface area contributed by atoms with Gasteiger partial charge < -0.3 is 14.8 Å². The van der Waals surface area contributed by atoms with Crippen LogP contribution in [-0.4, -0.2) is 48.7 Å². The van der Waals surface area contributed by atoms with Crippen molar-refractivity contribution >= 4 is 11.9 Å². The molecule has 3 amide bonds. The molecule has 0 aliphatic carbocycles. The minimum atomic E-state index is -0.858. The Morgan fingerprint density at radius 1 is 1.33 bits per heavy atom. The summed E-state index contributed by atoms with van der Waals surface area (Å²) < 4.78 is 11.0. The number of imide groups is 1. The van der Waals surface area contributed by atoms with Crippen LogP contribution in [0, 0.1) is 0 Å². The number of nitrogens with one attached hydrogen (secondary N) is 1. The molecule has 6 nitrogen and oxygen atoms in total. The maximum Gasteiger partial charge on any atom is 0.325 e. The number of ether oxygens (including phenoxy) is 2. The van der Waals surface area contributed by atoms with Crippen molar-refractivity contribution in [3.63, 3.8) is 0 Å². The molecule has 2 saturated heterocycles. The summed E-state index contributed by atoms with van der Waals surface area (Å²) in [5.41, 5.74) is 0.361. The summed E-state index contributed by atoms with van der Waals surface area (Å²) in [6.45, 7) is 7.67. The molecule has 0 bridgehead atoms. The summed E-state index contributed by atoms with van der Waals surface area (Å²) in [4.78, 5) is 25.8. The molecule has 2 aliphatic rings. The summed E-state index contributed by atoms with van der Waals surface area (Å²) in [6, 6.07) is 7.53. The van der Waals surface area contributed by atoms with Gasteiger partial charge in [0, 0.05) is 13.0 Å². The number of urea groups is 1. The fourth-order valence-electron chi connectivity index (χ4n) is 3.02. The Hall–Kier alpha value is -2.08. The topological polar surface area (TPSA) is 67.9 Å². The highest BCUT2D eigenvalue weighted by Gasteiger charge is 2.53. The van der Waals surface area contributed by atoms with Gasteiger partial charge in [-0.25, -0.2) is 4.79 Å². The van der Waals surface area contributed by atoms with Crippen molar-refractivity contribution in [2.24, 2.45) is 0 Å². The van der Waals surface area contributed by atoms with E-state index in [0.717, 1.165) is 5.75 Å². The second-order valence-corrected chi connectivity index (χ2v) is 7.40. The Labute approximate surface area is 142 Å². The predicted molar refractivity (Wildman–Crippen MR) is 89.0 cm³/mol. The lowest BCUT2D eigenvalue weighted by Crippen LogP contribution is -2.47. The van der Waals surface area contributed by atoms with Crippen LogP contribution in [0.15, 0.2) is 24.3 Å². The lowest BCUT2D eigenvalue weighted by atomic mass is 9.87. The minimum absolute atomic E-state index is 0.0407. The monoisotopic (exact) mass is 332 g/mol. The molecule has 1 spiro atoms. The number of carbonyl (C=O) groups is 2. The van der Waals surface area contributed by atoms with E-state index in [-0.39, 0.29) is 37.1 Å². The first-order chi connectivity index (χ1) is 11.3. The van der Waals surface area contributed by atoms with Crippen LogP contribution in [0.5, 0.6) is 5.75 Å². The number of hydrogen-bond acceptors (Lipinski definition) is 4. The third-order valence-corrected chi connectivity index (χ3v) is 4.55. The van der Waals surface area contributed by atoms with Gasteiger partial charge in [-0.2, -0.15) is 0 Å². The number of nitrogens with zero attached hydrogens (tertiary/aromatic N) is 1. The normalized spacial score (nSPS) is 23.9. The van der Waals surface area contributed by atoms with Gasteiger partial charge in [-0.05, 0) is 23.1 Å². The maximum absolute atomic E-state index is 12.5. The average Bonchev–Trinajstić information content (AvgIpc) is 3.08. The van der Waals surface area contributed by atoms with E-state index >= 15 is 0 Å². The number of hydrogen-bond donors (Lipinski definition) is 1. The van der Waals surface area contributed by atoms with Crippen molar-refractivity contribution in [2.75, 3.05) is 26.4 Å². The summed E-state index contributed by atoms with van der Waals surface area (Å²) in [6.07, 6.45) is 0.530. The van der Waals surface area contributed by atoms with Crippen molar-refractivity contribution in [2.45, 2.75) is 38.1 Å². The Kier molecular flexibility index (Phi) is 4.25. The van der Waals surface area contributed by atoms with E-state index in [1.54, 1.807) is 0 Å². The highest BCUT2D eigenvalue weighted by molar-refractivity contribution is 6.07. The van der Waals surface area contributed by atoms with Crippen LogP contribution < -0.4 is 10.1 Å². The molecule has 130 valence electrons.